The van der Waals surface area contributed by atoms with Gasteiger partial charge in [0.05, 0.1) is 0 Å². The molecule has 1 atom stereocenters. The number of carbonyl (C=O) groups excluding carboxylic acids is 2. The van der Waals surface area contributed by atoms with Gasteiger partial charge in [-0.05, 0) is 6.42 Å². The first-order chi connectivity index (χ1) is 6.85. The van der Waals surface area contributed by atoms with Gasteiger partial charge in [0, 0.05) is 0 Å². The Morgan fingerprint density at radius 1 is 1.47 bits per heavy atom. The average Bonchev–Trinajstić information content (AvgIpc) is 2.32. The lowest BCUT2D eigenvalue weighted by atomic mass is 10.2. The number of urea groups is 1. The molecule has 0 aromatic rings. The molecule has 7 heteroatoms. The van der Waals surface area contributed by atoms with E-state index >= 15 is 0 Å². The fraction of sp³-hybridized carbons (Fsp3) is 0.500. The van der Waals surface area contributed by atoms with E-state index < -0.39 is 30.7 Å². The van der Waals surface area contributed by atoms with E-state index in [9.17, 15) is 22.8 Å². The van der Waals surface area contributed by atoms with Crippen LogP contribution in [0.25, 0.3) is 0 Å². The first kappa shape index (κ1) is 11.5. The molecule has 1 saturated heterocycles. The molecule has 0 bridgehead atoms. The Kier molecular flexibility index (Phi) is 3.01. The first-order valence-electron chi connectivity index (χ1n) is 4.14. The molecule has 1 N–H and O–H groups in total. The first-order valence-corrected chi connectivity index (χ1v) is 4.14. The molecule has 1 aliphatic heterocycles. The standard InChI is InChI=1S/C8H9F3N2O2/c1-2-3-5-6(14)13(7(15)12-5)4-8(9,10)11/h2,5H,1,3-4H2,(H,12,15). The van der Waals surface area contributed by atoms with Gasteiger partial charge in [-0.25, -0.2) is 4.79 Å². The Morgan fingerprint density at radius 2 is 2.07 bits per heavy atom. The molecule has 0 radical (unpaired) electrons. The lowest BCUT2D eigenvalue weighted by Crippen LogP contribution is -2.39. The number of hydrogen-bond donors (Lipinski definition) is 1. The second-order valence-electron chi connectivity index (χ2n) is 3.07. The van der Waals surface area contributed by atoms with Crippen LogP contribution in [0, 0.1) is 0 Å². The summed E-state index contributed by atoms with van der Waals surface area (Å²) in [4.78, 5) is 22.4. The van der Waals surface area contributed by atoms with Crippen LogP contribution in [0.1, 0.15) is 6.42 Å². The summed E-state index contributed by atoms with van der Waals surface area (Å²) >= 11 is 0. The molecular formula is C8H9F3N2O2. The molecule has 0 saturated carbocycles. The van der Waals surface area contributed by atoms with E-state index in [0.717, 1.165) is 0 Å². The lowest BCUT2D eigenvalue weighted by molar-refractivity contribution is -0.153. The van der Waals surface area contributed by atoms with Gasteiger partial charge in [-0.15, -0.1) is 6.58 Å². The van der Waals surface area contributed by atoms with E-state index in [2.05, 4.69) is 11.9 Å². The van der Waals surface area contributed by atoms with Crippen LogP contribution in [-0.2, 0) is 4.79 Å². The van der Waals surface area contributed by atoms with Crippen molar-refractivity contribution in [2.45, 2.75) is 18.6 Å². The van der Waals surface area contributed by atoms with Crippen molar-refractivity contribution in [3.63, 3.8) is 0 Å². The third kappa shape index (κ3) is 2.71. The third-order valence-electron chi connectivity index (χ3n) is 1.85. The number of rotatable bonds is 3. The predicted octanol–water partition coefficient (Wildman–Crippen LogP) is 1.05. The van der Waals surface area contributed by atoms with Crippen LogP contribution >= 0.6 is 0 Å². The Labute approximate surface area is 83.7 Å². The smallest absolute Gasteiger partial charge is 0.325 e. The van der Waals surface area contributed by atoms with Crippen molar-refractivity contribution >= 4 is 11.9 Å². The number of hydrogen-bond acceptors (Lipinski definition) is 2. The van der Waals surface area contributed by atoms with Crippen molar-refractivity contribution in [2.75, 3.05) is 6.54 Å². The molecule has 1 heterocycles. The number of halogens is 3. The van der Waals surface area contributed by atoms with Crippen LogP contribution in [-0.4, -0.2) is 35.6 Å². The van der Waals surface area contributed by atoms with E-state index in [4.69, 9.17) is 0 Å². The summed E-state index contributed by atoms with van der Waals surface area (Å²) in [6, 6.07) is -1.93. The fourth-order valence-corrected chi connectivity index (χ4v) is 1.23. The Hall–Kier alpha value is -1.53. The average molecular weight is 222 g/mol. The van der Waals surface area contributed by atoms with Crippen LogP contribution in [0.2, 0.25) is 0 Å². The summed E-state index contributed by atoms with van der Waals surface area (Å²) in [5.74, 6) is -0.864. The fourth-order valence-electron chi connectivity index (χ4n) is 1.23. The highest BCUT2D eigenvalue weighted by molar-refractivity contribution is 6.04. The van der Waals surface area contributed by atoms with Gasteiger partial charge in [0.15, 0.2) is 0 Å². The number of carbonyl (C=O) groups is 2. The second-order valence-corrected chi connectivity index (χ2v) is 3.07. The Bertz CT molecular complexity index is 301. The SMILES string of the molecule is C=CCC1NC(=O)N(CC(F)(F)F)C1=O. The van der Waals surface area contributed by atoms with Gasteiger partial charge in [0.25, 0.3) is 5.91 Å². The van der Waals surface area contributed by atoms with E-state index in [-0.39, 0.29) is 11.3 Å². The topological polar surface area (TPSA) is 49.4 Å². The maximum atomic E-state index is 12.0. The van der Waals surface area contributed by atoms with Gasteiger partial charge < -0.3 is 5.32 Å². The summed E-state index contributed by atoms with van der Waals surface area (Å²) in [6.45, 7) is 1.79. The third-order valence-corrected chi connectivity index (χ3v) is 1.85. The molecular weight excluding hydrogens is 213 g/mol. The van der Waals surface area contributed by atoms with E-state index in [1.807, 2.05) is 0 Å². The van der Waals surface area contributed by atoms with E-state index in [0.29, 0.717) is 0 Å². The number of nitrogens with one attached hydrogen (secondary N) is 1. The van der Waals surface area contributed by atoms with Crippen molar-refractivity contribution < 1.29 is 22.8 Å². The molecule has 3 amide bonds. The summed E-state index contributed by atoms with van der Waals surface area (Å²) in [7, 11) is 0. The maximum absolute atomic E-state index is 12.0. The van der Waals surface area contributed by atoms with Gasteiger partial charge in [0.1, 0.15) is 12.6 Å². The summed E-state index contributed by atoms with van der Waals surface area (Å²) < 4.78 is 35.9. The monoisotopic (exact) mass is 222 g/mol. The van der Waals surface area contributed by atoms with Gasteiger partial charge in [0.2, 0.25) is 0 Å². The Morgan fingerprint density at radius 3 is 2.53 bits per heavy atom. The van der Waals surface area contributed by atoms with Crippen LogP contribution < -0.4 is 5.32 Å². The number of imide groups is 1. The van der Waals surface area contributed by atoms with E-state index in [1.54, 1.807) is 0 Å². The summed E-state index contributed by atoms with van der Waals surface area (Å²) in [6.07, 6.45) is -3.09. The number of alkyl halides is 3. The minimum absolute atomic E-state index is 0.124. The predicted molar refractivity (Wildman–Crippen MR) is 44.9 cm³/mol. The molecule has 0 aromatic carbocycles. The molecule has 0 aliphatic carbocycles. The minimum Gasteiger partial charge on any atom is -0.325 e. The van der Waals surface area contributed by atoms with Crippen LogP contribution in [0.4, 0.5) is 18.0 Å². The normalized spacial score (nSPS) is 21.8. The van der Waals surface area contributed by atoms with Gasteiger partial charge >= 0.3 is 12.2 Å². The highest BCUT2D eigenvalue weighted by Crippen LogP contribution is 2.20. The molecule has 1 unspecified atom stereocenters. The van der Waals surface area contributed by atoms with Gasteiger partial charge in [-0.1, -0.05) is 6.08 Å². The quantitative estimate of drug-likeness (QED) is 0.573. The lowest BCUT2D eigenvalue weighted by Gasteiger charge is -2.14. The summed E-state index contributed by atoms with van der Waals surface area (Å²) in [5, 5.41) is 2.14. The second kappa shape index (κ2) is 3.92. The zero-order valence-corrected chi connectivity index (χ0v) is 7.67. The molecule has 15 heavy (non-hydrogen) atoms. The molecule has 4 nitrogen and oxygen atoms in total. The van der Waals surface area contributed by atoms with Gasteiger partial charge in [-0.3, -0.25) is 9.69 Å². The van der Waals surface area contributed by atoms with Crippen LogP contribution in [0.3, 0.4) is 0 Å². The summed E-state index contributed by atoms with van der Waals surface area (Å²) in [5.41, 5.74) is 0. The van der Waals surface area contributed by atoms with Crippen LogP contribution in [0.5, 0.6) is 0 Å². The van der Waals surface area contributed by atoms with Crippen molar-refractivity contribution in [1.82, 2.24) is 10.2 Å². The molecule has 1 fully saturated rings. The highest BCUT2D eigenvalue weighted by atomic mass is 19.4. The maximum Gasteiger partial charge on any atom is 0.406 e. The zero-order valence-electron chi connectivity index (χ0n) is 7.67. The van der Waals surface area contributed by atoms with Crippen molar-refractivity contribution in [3.8, 4) is 0 Å². The highest BCUT2D eigenvalue weighted by Gasteiger charge is 2.43. The Balaban J connectivity index is 2.71. The van der Waals surface area contributed by atoms with Crippen molar-refractivity contribution in [1.29, 1.82) is 0 Å². The largest absolute Gasteiger partial charge is 0.406 e. The molecule has 0 spiro atoms. The van der Waals surface area contributed by atoms with Crippen molar-refractivity contribution in [2.24, 2.45) is 0 Å². The van der Waals surface area contributed by atoms with Gasteiger partial charge in [-0.2, -0.15) is 13.2 Å². The van der Waals surface area contributed by atoms with E-state index in [1.165, 1.54) is 6.08 Å². The molecule has 0 aromatic heterocycles. The minimum atomic E-state index is -4.57. The molecule has 1 aliphatic rings. The number of amides is 3. The number of nitrogens with zero attached hydrogens (tertiary/aromatic N) is 1. The van der Waals surface area contributed by atoms with Crippen molar-refractivity contribution in [3.05, 3.63) is 12.7 Å². The molecule has 1 rings (SSSR count). The van der Waals surface area contributed by atoms with Crippen LogP contribution in [0.15, 0.2) is 12.7 Å². The zero-order chi connectivity index (χ0) is 11.6. The molecule has 84 valence electrons.